The average Bonchev–Trinajstić information content (AvgIpc) is 2.53. The molecule has 0 spiro atoms. The Morgan fingerprint density at radius 1 is 1.06 bits per heavy atom. The summed E-state index contributed by atoms with van der Waals surface area (Å²) in [7, 11) is 0. The Balaban J connectivity index is 2.36. The Morgan fingerprint density at radius 3 is 2.24 bits per heavy atom. The zero-order chi connectivity index (χ0) is 17.1. The van der Waals surface area contributed by atoms with Gasteiger partial charge in [-0.25, -0.2) is 0 Å². The molecule has 0 aliphatic rings. The van der Waals surface area contributed by atoms with E-state index in [9.17, 15) is 0 Å². The van der Waals surface area contributed by atoms with Crippen LogP contribution in [0.5, 0.6) is 0 Å². The summed E-state index contributed by atoms with van der Waals surface area (Å²) in [4.78, 5) is 0. The maximum absolute atomic E-state index is 8.41. The van der Waals surface area contributed by atoms with E-state index in [0.29, 0.717) is 0 Å². The van der Waals surface area contributed by atoms with Crippen molar-refractivity contribution >= 4 is 0 Å². The zero-order valence-corrected chi connectivity index (χ0v) is 9.48. The van der Waals surface area contributed by atoms with Crippen molar-refractivity contribution in [3.05, 3.63) is 71.8 Å². The fraction of sp³-hybridized carbons (Fsp3) is 0.250. The average molecular weight is 231 g/mol. The van der Waals surface area contributed by atoms with Crippen molar-refractivity contribution in [3.63, 3.8) is 0 Å². The van der Waals surface area contributed by atoms with Gasteiger partial charge in [0, 0.05) is 20.8 Å². The van der Waals surface area contributed by atoms with Gasteiger partial charge in [0.15, 0.2) is 0 Å². The Morgan fingerprint density at radius 2 is 1.65 bits per heavy atom. The largest absolute Gasteiger partial charge is 0.310 e. The van der Waals surface area contributed by atoms with Crippen LogP contribution in [0.25, 0.3) is 0 Å². The molecule has 0 aliphatic carbocycles. The van der Waals surface area contributed by atoms with Gasteiger partial charge >= 0.3 is 0 Å². The van der Waals surface area contributed by atoms with Gasteiger partial charge in [0.05, 0.1) is 0 Å². The third-order valence-electron chi connectivity index (χ3n) is 2.36. The summed E-state index contributed by atoms with van der Waals surface area (Å²) in [6, 6.07) is 14.6. The van der Waals surface area contributed by atoms with Crippen LogP contribution in [0.1, 0.15) is 26.2 Å². The lowest BCUT2D eigenvalue weighted by Gasteiger charge is -2.13. The summed E-state index contributed by atoms with van der Waals surface area (Å²) >= 11 is 0. The highest BCUT2D eigenvalue weighted by atomic mass is 14.9. The van der Waals surface area contributed by atoms with Crippen LogP contribution in [-0.4, -0.2) is 6.02 Å². The van der Waals surface area contributed by atoms with Crippen LogP contribution < -0.4 is 5.32 Å². The lowest BCUT2D eigenvalue weighted by Crippen LogP contribution is -2.27. The Kier molecular flexibility index (Phi) is 2.33. The summed E-state index contributed by atoms with van der Waals surface area (Å²) in [5.74, 6) is 0. The molecule has 2 aromatic rings. The first-order chi connectivity index (χ1) is 10.7. The summed E-state index contributed by atoms with van der Waals surface area (Å²) < 4.78 is 48.1. The third kappa shape index (κ3) is 4.04. The van der Waals surface area contributed by atoms with E-state index in [-0.39, 0.29) is 12.1 Å². The molecule has 17 heavy (non-hydrogen) atoms. The van der Waals surface area contributed by atoms with E-state index in [0.717, 1.165) is 5.56 Å². The molecule has 0 saturated carbocycles. The van der Waals surface area contributed by atoms with Crippen molar-refractivity contribution in [1.82, 2.24) is 5.32 Å². The predicted octanol–water partition coefficient (Wildman–Crippen LogP) is 3.41. The van der Waals surface area contributed by atoms with Gasteiger partial charge in [-0.15, -0.1) is 0 Å². The molecule has 0 aliphatic heterocycles. The molecular formula is C16H19N. The summed E-state index contributed by atoms with van der Waals surface area (Å²) in [5, 5.41) is 2.62. The van der Waals surface area contributed by atoms with Gasteiger partial charge in [0.25, 0.3) is 0 Å². The number of hydrogen-bond acceptors (Lipinski definition) is 1. The number of hydrogen-bond donors (Lipinski definition) is 1. The zero-order valence-electron chi connectivity index (χ0n) is 15.5. The molecule has 1 nitrogen and oxygen atoms in total. The van der Waals surface area contributed by atoms with Crippen molar-refractivity contribution in [1.29, 1.82) is 0 Å². The van der Waals surface area contributed by atoms with Crippen LogP contribution in [-0.2, 0) is 12.9 Å². The fourth-order valence-electron chi connectivity index (χ4n) is 1.50. The number of nitrogens with one attached hydrogen (secondary N) is 1. The molecule has 1 heteroatoms. The van der Waals surface area contributed by atoms with Gasteiger partial charge in [-0.2, -0.15) is 0 Å². The van der Waals surface area contributed by atoms with Gasteiger partial charge in [-0.3, -0.25) is 0 Å². The Labute approximate surface area is 112 Å². The molecule has 0 amide bonds. The van der Waals surface area contributed by atoms with E-state index in [1.54, 1.807) is 30.3 Å². The van der Waals surface area contributed by atoms with Gasteiger partial charge in [0.1, 0.15) is 0 Å². The van der Waals surface area contributed by atoms with Gasteiger partial charge < -0.3 is 5.32 Å². The molecule has 0 bridgehead atoms. The quantitative estimate of drug-likeness (QED) is 0.831. The minimum Gasteiger partial charge on any atom is -0.310 e. The molecule has 1 unspecified atom stereocenters. The van der Waals surface area contributed by atoms with E-state index in [2.05, 4.69) is 5.32 Å². The maximum atomic E-state index is 8.41. The van der Waals surface area contributed by atoms with E-state index >= 15 is 0 Å². The molecule has 0 aromatic heterocycles. The lowest BCUT2D eigenvalue weighted by molar-refractivity contribution is 0.545. The highest BCUT2D eigenvalue weighted by molar-refractivity contribution is 5.16. The van der Waals surface area contributed by atoms with Crippen LogP contribution in [0.2, 0.25) is 0 Å². The first-order valence-corrected chi connectivity index (χ1v) is 5.53. The van der Waals surface area contributed by atoms with Crippen LogP contribution in [0.3, 0.4) is 0 Å². The molecule has 88 valence electrons. The van der Waals surface area contributed by atoms with Crippen LogP contribution in [0, 0.1) is 0 Å². The Hall–Kier alpha value is -1.60. The molecule has 0 radical (unpaired) electrons. The topological polar surface area (TPSA) is 12.0 Å². The van der Waals surface area contributed by atoms with Crippen molar-refractivity contribution < 1.29 is 8.22 Å². The van der Waals surface area contributed by atoms with Crippen molar-refractivity contribution in [2.45, 2.75) is 25.8 Å². The van der Waals surface area contributed by atoms with Gasteiger partial charge in [-0.05, 0) is 24.4 Å². The standard InChI is InChI=1S/C16H19N/c1-14(12-15-8-4-2-5-9-15)17-13-16-10-6-3-7-11-16/h2-11,14,17H,12-13H2,1H3/i1D3,12D2,14D. The molecule has 0 heterocycles. The summed E-state index contributed by atoms with van der Waals surface area (Å²) in [5.41, 5.74) is 0.948. The summed E-state index contributed by atoms with van der Waals surface area (Å²) in [6.45, 7) is -2.75. The van der Waals surface area contributed by atoms with E-state index < -0.39 is 19.2 Å². The third-order valence-corrected chi connectivity index (χ3v) is 2.36. The highest BCUT2D eigenvalue weighted by Crippen LogP contribution is 2.04. The van der Waals surface area contributed by atoms with Crippen LogP contribution in [0.15, 0.2) is 60.7 Å². The monoisotopic (exact) mass is 231 g/mol. The predicted molar refractivity (Wildman–Crippen MR) is 72.9 cm³/mol. The molecule has 1 N–H and O–H groups in total. The second kappa shape index (κ2) is 6.21. The first kappa shape index (κ1) is 6.36. The normalized spacial score (nSPS) is 20.9. The molecule has 2 rings (SSSR count). The van der Waals surface area contributed by atoms with E-state index in [4.69, 9.17) is 8.22 Å². The fourth-order valence-corrected chi connectivity index (χ4v) is 1.50. The van der Waals surface area contributed by atoms with Gasteiger partial charge in [0.2, 0.25) is 0 Å². The van der Waals surface area contributed by atoms with E-state index in [1.165, 1.54) is 12.1 Å². The Bertz CT molecular complexity index is 626. The lowest BCUT2D eigenvalue weighted by atomic mass is 10.1. The molecular weight excluding hydrogens is 206 g/mol. The highest BCUT2D eigenvalue weighted by Gasteiger charge is 2.02. The second-order valence-electron chi connectivity index (χ2n) is 3.71. The molecule has 0 fully saturated rings. The van der Waals surface area contributed by atoms with Crippen molar-refractivity contribution in [2.24, 2.45) is 0 Å². The number of rotatable bonds is 5. The molecule has 2 aromatic carbocycles. The SMILES string of the molecule is [2H]C([2H])([2H])C([2H])(NCc1ccccc1)C([2H])([2H])c1ccccc1. The minimum absolute atomic E-state index is 0.0923. The summed E-state index contributed by atoms with van der Waals surface area (Å²) in [6.07, 6.45) is -2.39. The smallest absolute Gasteiger partial charge is 0.0465 e. The molecule has 1 atom stereocenters. The van der Waals surface area contributed by atoms with E-state index in [1.807, 2.05) is 18.2 Å². The van der Waals surface area contributed by atoms with Crippen LogP contribution in [0.4, 0.5) is 0 Å². The second-order valence-corrected chi connectivity index (χ2v) is 3.71. The number of benzene rings is 2. The van der Waals surface area contributed by atoms with Crippen molar-refractivity contribution in [3.8, 4) is 0 Å². The maximum Gasteiger partial charge on any atom is 0.0465 e. The molecule has 0 saturated heterocycles. The van der Waals surface area contributed by atoms with Crippen LogP contribution >= 0.6 is 0 Å². The minimum atomic E-state index is -2.85. The van der Waals surface area contributed by atoms with Crippen molar-refractivity contribution in [2.75, 3.05) is 0 Å². The first-order valence-electron chi connectivity index (χ1n) is 8.53. The van der Waals surface area contributed by atoms with Gasteiger partial charge in [-0.1, -0.05) is 60.7 Å².